The first-order chi connectivity index (χ1) is 8.84. The molecule has 0 spiro atoms. The molecule has 2 atom stereocenters. The van der Waals surface area contributed by atoms with Gasteiger partial charge in [-0.15, -0.1) is 0 Å². The van der Waals surface area contributed by atoms with Crippen LogP contribution in [0.4, 0.5) is 0 Å². The zero-order chi connectivity index (χ0) is 14.2. The Morgan fingerprint density at radius 2 is 2.05 bits per heavy atom. The minimum atomic E-state index is -3.65. The number of hydrogen-bond donors (Lipinski definition) is 2. The van der Waals surface area contributed by atoms with Gasteiger partial charge in [0.15, 0.2) is 0 Å². The van der Waals surface area contributed by atoms with Gasteiger partial charge in [0.1, 0.15) is 0 Å². The number of benzene rings is 1. The van der Waals surface area contributed by atoms with Gasteiger partial charge in [-0.3, -0.25) is 0 Å². The fourth-order valence-corrected chi connectivity index (χ4v) is 4.88. The van der Waals surface area contributed by atoms with Crippen molar-refractivity contribution in [2.45, 2.75) is 17.0 Å². The van der Waals surface area contributed by atoms with E-state index in [1.54, 1.807) is 18.2 Å². The maximum Gasteiger partial charge on any atom is 0.244 e. The van der Waals surface area contributed by atoms with Crippen molar-refractivity contribution in [2.75, 3.05) is 20.1 Å². The largest absolute Gasteiger partial charge is 0.390 e. The minimum Gasteiger partial charge on any atom is -0.390 e. The topological polar surface area (TPSA) is 69.6 Å². The minimum absolute atomic E-state index is 0.184. The Morgan fingerprint density at radius 3 is 2.63 bits per heavy atom. The van der Waals surface area contributed by atoms with Gasteiger partial charge in [-0.2, -0.15) is 4.31 Å². The highest BCUT2D eigenvalue weighted by atomic mass is 79.9. The van der Waals surface area contributed by atoms with Crippen molar-refractivity contribution < 1.29 is 13.5 Å². The summed E-state index contributed by atoms with van der Waals surface area (Å²) < 4.78 is 27.6. The Hall–Kier alpha value is 0.01000. The number of β-amino-alcohol motifs (C(OH)–C–C–N with tert-alkyl or cyclic N) is 1. The molecule has 1 heterocycles. The summed E-state index contributed by atoms with van der Waals surface area (Å²) >= 11 is 6.52. The summed E-state index contributed by atoms with van der Waals surface area (Å²) in [5.74, 6) is 0. The molecule has 0 aliphatic carbocycles. The van der Waals surface area contributed by atoms with Crippen LogP contribution in [0.5, 0.6) is 0 Å². The molecule has 2 rings (SSSR count). The van der Waals surface area contributed by atoms with Crippen LogP contribution in [0.2, 0.25) is 0 Å². The molecule has 0 bridgehead atoms. The number of halogens is 2. The van der Waals surface area contributed by atoms with Gasteiger partial charge < -0.3 is 10.4 Å². The fraction of sp³-hybridized carbons (Fsp3) is 0.455. The van der Waals surface area contributed by atoms with Gasteiger partial charge in [-0.25, -0.2) is 8.42 Å². The van der Waals surface area contributed by atoms with Gasteiger partial charge in [-0.05, 0) is 34.1 Å². The van der Waals surface area contributed by atoms with Gasteiger partial charge in [0.25, 0.3) is 0 Å². The first kappa shape index (κ1) is 15.4. The molecule has 0 aromatic heterocycles. The molecule has 8 heteroatoms. The lowest BCUT2D eigenvalue weighted by molar-refractivity contribution is 0.136. The molecule has 1 fully saturated rings. The Morgan fingerprint density at radius 1 is 1.37 bits per heavy atom. The molecule has 0 radical (unpaired) electrons. The molecule has 1 aromatic carbocycles. The zero-order valence-corrected chi connectivity index (χ0v) is 14.2. The van der Waals surface area contributed by atoms with Gasteiger partial charge in [0.2, 0.25) is 10.0 Å². The van der Waals surface area contributed by atoms with E-state index in [9.17, 15) is 13.5 Å². The molecule has 2 N–H and O–H groups in total. The Kier molecular flexibility index (Phi) is 4.69. The Bertz CT molecular complexity index is 579. The number of aliphatic hydroxyl groups excluding tert-OH is 1. The van der Waals surface area contributed by atoms with Crippen molar-refractivity contribution in [2.24, 2.45) is 0 Å². The lowest BCUT2D eigenvalue weighted by atomic mass is 10.2. The van der Waals surface area contributed by atoms with Crippen LogP contribution in [0, 0.1) is 0 Å². The number of nitrogens with zero attached hydrogens (tertiary/aromatic N) is 1. The maximum absolute atomic E-state index is 12.6. The van der Waals surface area contributed by atoms with Crippen molar-refractivity contribution in [1.82, 2.24) is 9.62 Å². The van der Waals surface area contributed by atoms with E-state index in [4.69, 9.17) is 0 Å². The van der Waals surface area contributed by atoms with E-state index in [-0.39, 0.29) is 4.90 Å². The summed E-state index contributed by atoms with van der Waals surface area (Å²) in [6.07, 6.45) is -0.689. The van der Waals surface area contributed by atoms with E-state index < -0.39 is 22.2 Å². The van der Waals surface area contributed by atoms with E-state index >= 15 is 0 Å². The lowest BCUT2D eigenvalue weighted by Gasteiger charge is -2.26. The van der Waals surface area contributed by atoms with Crippen molar-refractivity contribution in [1.29, 1.82) is 0 Å². The van der Waals surface area contributed by atoms with Gasteiger partial charge >= 0.3 is 0 Å². The van der Waals surface area contributed by atoms with Crippen LogP contribution in [0.3, 0.4) is 0 Å². The van der Waals surface area contributed by atoms with Crippen LogP contribution in [-0.2, 0) is 10.0 Å². The van der Waals surface area contributed by atoms with Crippen molar-refractivity contribution in [3.63, 3.8) is 0 Å². The van der Waals surface area contributed by atoms with Crippen molar-refractivity contribution >= 4 is 41.9 Å². The summed E-state index contributed by atoms with van der Waals surface area (Å²) in [6, 6.07) is 4.53. The smallest absolute Gasteiger partial charge is 0.244 e. The molecule has 1 aliphatic heterocycles. The van der Waals surface area contributed by atoms with Crippen LogP contribution in [-0.4, -0.2) is 50.1 Å². The third kappa shape index (κ3) is 3.03. The first-order valence-corrected chi connectivity index (χ1v) is 8.68. The summed E-state index contributed by atoms with van der Waals surface area (Å²) in [5.41, 5.74) is 0. The number of nitrogens with one attached hydrogen (secondary N) is 1. The standard InChI is InChI=1S/C11H14Br2N2O3S/c1-15(9-5-14-6-10(9)16)19(17,18)11-4-7(12)2-3-8(11)13/h2-4,9-10,14,16H,5-6H2,1H3/t9-,10-/m1/s1. The molecular weight excluding hydrogens is 400 g/mol. The van der Waals surface area contributed by atoms with Crippen LogP contribution in [0.25, 0.3) is 0 Å². The Labute approximate surface area is 129 Å². The van der Waals surface area contributed by atoms with Crippen molar-refractivity contribution in [3.8, 4) is 0 Å². The number of sulfonamides is 1. The molecular formula is C11H14Br2N2O3S. The van der Waals surface area contributed by atoms with Crippen LogP contribution >= 0.6 is 31.9 Å². The third-order valence-corrected chi connectivity index (χ3v) is 6.54. The summed E-state index contributed by atoms with van der Waals surface area (Å²) in [6.45, 7) is 0.854. The zero-order valence-electron chi connectivity index (χ0n) is 10.2. The molecule has 0 amide bonds. The highest BCUT2D eigenvalue weighted by Gasteiger charge is 2.36. The lowest BCUT2D eigenvalue weighted by Crippen LogP contribution is -2.44. The molecule has 19 heavy (non-hydrogen) atoms. The van der Waals surface area contributed by atoms with E-state index in [0.29, 0.717) is 22.0 Å². The van der Waals surface area contributed by atoms with Gasteiger partial charge in [0.05, 0.1) is 17.0 Å². The highest BCUT2D eigenvalue weighted by Crippen LogP contribution is 2.29. The van der Waals surface area contributed by atoms with Crippen LogP contribution < -0.4 is 5.32 Å². The number of rotatable bonds is 3. The summed E-state index contributed by atoms with van der Waals surface area (Å²) in [7, 11) is -2.16. The average molecular weight is 414 g/mol. The highest BCUT2D eigenvalue weighted by molar-refractivity contribution is 9.11. The second-order valence-electron chi connectivity index (χ2n) is 4.39. The normalized spacial score (nSPS) is 24.1. The van der Waals surface area contributed by atoms with E-state index in [1.165, 1.54) is 11.4 Å². The predicted octanol–water partition coefficient (Wildman–Crippen LogP) is 1.16. The quantitative estimate of drug-likeness (QED) is 0.780. The summed E-state index contributed by atoms with van der Waals surface area (Å²) in [4.78, 5) is 0.184. The average Bonchev–Trinajstić information content (AvgIpc) is 2.77. The number of likely N-dealkylation sites (N-methyl/N-ethyl adjacent to an activating group) is 1. The van der Waals surface area contributed by atoms with Crippen LogP contribution in [0.15, 0.2) is 32.0 Å². The SMILES string of the molecule is CN([C@@H]1CNC[C@H]1O)S(=O)(=O)c1cc(Br)ccc1Br. The second kappa shape index (κ2) is 5.79. The second-order valence-corrected chi connectivity index (χ2v) is 8.12. The van der Waals surface area contributed by atoms with Crippen molar-refractivity contribution in [3.05, 3.63) is 27.1 Å². The van der Waals surface area contributed by atoms with E-state index in [2.05, 4.69) is 37.2 Å². The van der Waals surface area contributed by atoms with E-state index in [1.807, 2.05) is 0 Å². The molecule has 0 saturated carbocycles. The number of hydrogen-bond acceptors (Lipinski definition) is 4. The van der Waals surface area contributed by atoms with Gasteiger partial charge in [0, 0.05) is 29.1 Å². The van der Waals surface area contributed by atoms with Crippen LogP contribution in [0.1, 0.15) is 0 Å². The predicted molar refractivity (Wildman–Crippen MR) is 79.5 cm³/mol. The van der Waals surface area contributed by atoms with Gasteiger partial charge in [-0.1, -0.05) is 15.9 Å². The summed E-state index contributed by atoms with van der Waals surface area (Å²) in [5, 5.41) is 12.8. The molecule has 1 saturated heterocycles. The third-order valence-electron chi connectivity index (χ3n) is 3.17. The first-order valence-electron chi connectivity index (χ1n) is 5.66. The van der Waals surface area contributed by atoms with E-state index in [0.717, 1.165) is 0 Å². The molecule has 106 valence electrons. The molecule has 1 aliphatic rings. The Balaban J connectivity index is 2.39. The molecule has 0 unspecified atom stereocenters. The monoisotopic (exact) mass is 412 g/mol. The fourth-order valence-electron chi connectivity index (χ4n) is 2.03. The molecule has 1 aromatic rings. The molecule has 5 nitrogen and oxygen atoms in total. The number of aliphatic hydroxyl groups is 1. The maximum atomic E-state index is 12.6.